The van der Waals surface area contributed by atoms with Gasteiger partial charge in [0.2, 0.25) is 0 Å². The van der Waals surface area contributed by atoms with Crippen molar-refractivity contribution in [2.45, 2.75) is 31.5 Å². The molecule has 0 radical (unpaired) electrons. The number of aliphatic hydroxyl groups is 1. The van der Waals surface area contributed by atoms with Crippen LogP contribution in [-0.4, -0.2) is 52.6 Å². The highest BCUT2D eigenvalue weighted by Gasteiger charge is 2.34. The minimum absolute atomic E-state index is 0.215. The van der Waals surface area contributed by atoms with Gasteiger partial charge in [0.25, 0.3) is 0 Å². The first-order valence-electron chi connectivity index (χ1n) is 11.4. The van der Waals surface area contributed by atoms with Crippen molar-refractivity contribution in [1.82, 2.24) is 14.5 Å². The summed E-state index contributed by atoms with van der Waals surface area (Å²) in [5.41, 5.74) is 1.90. The number of aromatic nitrogens is 3. The average Bonchev–Trinajstić information content (AvgIpc) is 3.57. The molecular formula is C24H24ClN5O5S2. The minimum Gasteiger partial charge on any atom is -0.393 e. The minimum atomic E-state index is -4.09. The Morgan fingerprint density at radius 2 is 2.16 bits per heavy atom. The van der Waals surface area contributed by atoms with Crippen molar-refractivity contribution in [1.29, 1.82) is 0 Å². The van der Waals surface area contributed by atoms with E-state index in [1.165, 1.54) is 12.5 Å². The molecule has 3 unspecified atom stereocenters. The van der Waals surface area contributed by atoms with Crippen LogP contribution in [-0.2, 0) is 21.0 Å². The molecule has 3 aromatic heterocycles. The van der Waals surface area contributed by atoms with Crippen LogP contribution in [0.3, 0.4) is 0 Å². The predicted octanol–water partition coefficient (Wildman–Crippen LogP) is 3.20. The molecule has 194 valence electrons. The third-order valence-electron chi connectivity index (χ3n) is 6.38. The number of rotatable bonds is 9. The first kappa shape index (κ1) is 25.8. The highest BCUT2D eigenvalue weighted by atomic mass is 35.5. The van der Waals surface area contributed by atoms with Crippen molar-refractivity contribution in [3.8, 4) is 0 Å². The van der Waals surface area contributed by atoms with E-state index in [2.05, 4.69) is 24.8 Å². The van der Waals surface area contributed by atoms with Gasteiger partial charge in [-0.05, 0) is 53.4 Å². The summed E-state index contributed by atoms with van der Waals surface area (Å²) in [6.07, 6.45) is 6.40. The maximum atomic E-state index is 13.4. The second-order valence-corrected chi connectivity index (χ2v) is 11.6. The predicted molar refractivity (Wildman–Crippen MR) is 141 cm³/mol. The van der Waals surface area contributed by atoms with Gasteiger partial charge in [-0.25, -0.2) is 15.1 Å². The number of carbonyl (C=O) groups is 1. The summed E-state index contributed by atoms with van der Waals surface area (Å²) in [6, 6.07) is 7.33. The highest BCUT2D eigenvalue weighted by Crippen LogP contribution is 2.31. The molecule has 4 aromatic rings. The maximum absolute atomic E-state index is 13.4. The molecule has 0 bridgehead atoms. The average molecular weight is 562 g/mol. The summed E-state index contributed by atoms with van der Waals surface area (Å²) in [5, 5.41) is 22.3. The fourth-order valence-electron chi connectivity index (χ4n) is 4.59. The fourth-order valence-corrected chi connectivity index (χ4v) is 6.06. The highest BCUT2D eigenvalue weighted by molar-refractivity contribution is 7.84. The van der Waals surface area contributed by atoms with Crippen LogP contribution in [0.15, 0.2) is 54.6 Å². The van der Waals surface area contributed by atoms with Gasteiger partial charge in [0.1, 0.15) is 12.1 Å². The van der Waals surface area contributed by atoms with Crippen LogP contribution in [0.4, 0.5) is 5.82 Å². The number of nitrogens with two attached hydrogens (primary N) is 1. The first-order valence-corrected chi connectivity index (χ1v) is 14.2. The van der Waals surface area contributed by atoms with Crippen LogP contribution >= 0.6 is 22.9 Å². The van der Waals surface area contributed by atoms with E-state index >= 15 is 0 Å². The molecule has 5 rings (SSSR count). The zero-order valence-electron chi connectivity index (χ0n) is 19.5. The zero-order chi connectivity index (χ0) is 26.2. The molecule has 1 saturated carbocycles. The van der Waals surface area contributed by atoms with Crippen LogP contribution in [0, 0.1) is 5.92 Å². The van der Waals surface area contributed by atoms with Crippen molar-refractivity contribution in [3.05, 3.63) is 76.3 Å². The zero-order valence-corrected chi connectivity index (χ0v) is 21.8. The van der Waals surface area contributed by atoms with Crippen LogP contribution < -0.4 is 10.5 Å². The Morgan fingerprint density at radius 1 is 1.32 bits per heavy atom. The number of halogens is 1. The molecule has 3 atom stereocenters. The summed E-state index contributed by atoms with van der Waals surface area (Å²) in [5.74, 6) is -0.321. The van der Waals surface area contributed by atoms with Crippen LogP contribution in [0.1, 0.15) is 34.3 Å². The Kier molecular flexibility index (Phi) is 7.30. The van der Waals surface area contributed by atoms with E-state index in [1.807, 2.05) is 29.0 Å². The standard InChI is InChI=1S/C24H24ClN5O5S2/c25-17-1-2-22-19(6-17)16(12-36-22)10-30-4-3-14(9-30)23(32)20-8-27-13-28-24(20)29-18-5-15(21(31)7-18)11-35-37(26,33)34/h1-4,6,8-9,12-13,15,18,21,31H,5,7,10-11H2,(H2,26,33,34)(H,27,28,29). The van der Waals surface area contributed by atoms with Gasteiger partial charge in [-0.3, -0.25) is 8.98 Å². The van der Waals surface area contributed by atoms with Gasteiger partial charge in [-0.15, -0.1) is 11.3 Å². The lowest BCUT2D eigenvalue weighted by Gasteiger charge is -2.15. The van der Waals surface area contributed by atoms with Crippen LogP contribution in [0.25, 0.3) is 10.1 Å². The number of nitrogens with zero attached hydrogens (tertiary/aromatic N) is 3. The molecule has 1 aliphatic carbocycles. The largest absolute Gasteiger partial charge is 0.393 e. The molecule has 0 aliphatic heterocycles. The molecule has 3 heterocycles. The first-order chi connectivity index (χ1) is 17.7. The Bertz CT molecular complexity index is 1550. The van der Waals surface area contributed by atoms with Crippen molar-refractivity contribution in [3.63, 3.8) is 0 Å². The topological polar surface area (TPSA) is 149 Å². The number of carbonyl (C=O) groups excluding carboxylic acids is 1. The lowest BCUT2D eigenvalue weighted by Crippen LogP contribution is -2.24. The maximum Gasteiger partial charge on any atom is 0.333 e. The number of fused-ring (bicyclic) bond motifs is 1. The number of anilines is 1. The number of nitrogens with one attached hydrogen (secondary N) is 1. The Hall–Kier alpha value is -2.87. The Labute approximate surface area is 222 Å². The summed E-state index contributed by atoms with van der Waals surface area (Å²) < 4.78 is 29.9. The molecule has 1 aliphatic rings. The number of hydrogen-bond donors (Lipinski definition) is 3. The van der Waals surface area contributed by atoms with Gasteiger partial charge in [0.15, 0.2) is 5.78 Å². The van der Waals surface area contributed by atoms with Gasteiger partial charge in [0.05, 0.1) is 18.3 Å². The molecule has 37 heavy (non-hydrogen) atoms. The SMILES string of the molecule is NS(=O)(=O)OCC1CC(Nc2ncncc2C(=O)c2ccn(Cc3csc4ccc(Cl)cc34)c2)CC1O. The molecule has 13 heteroatoms. The Morgan fingerprint density at radius 3 is 2.97 bits per heavy atom. The smallest absolute Gasteiger partial charge is 0.333 e. The Balaban J connectivity index is 1.29. The normalized spacial score (nSPS) is 19.9. The summed E-state index contributed by atoms with van der Waals surface area (Å²) in [6.45, 7) is 0.374. The van der Waals surface area contributed by atoms with E-state index in [4.69, 9.17) is 16.7 Å². The van der Waals surface area contributed by atoms with Crippen molar-refractivity contribution >= 4 is 54.9 Å². The molecule has 0 amide bonds. The summed E-state index contributed by atoms with van der Waals surface area (Å²) in [7, 11) is -4.09. The fraction of sp³-hybridized carbons (Fsp3) is 0.292. The van der Waals surface area contributed by atoms with E-state index in [9.17, 15) is 18.3 Å². The number of aliphatic hydroxyl groups excluding tert-OH is 1. The van der Waals surface area contributed by atoms with Gasteiger partial charge >= 0.3 is 10.3 Å². The molecular weight excluding hydrogens is 538 g/mol. The van der Waals surface area contributed by atoms with Crippen molar-refractivity contribution in [2.75, 3.05) is 11.9 Å². The van der Waals surface area contributed by atoms with Gasteiger partial charge in [-0.1, -0.05) is 11.6 Å². The molecule has 0 spiro atoms. The quantitative estimate of drug-likeness (QED) is 0.264. The van der Waals surface area contributed by atoms with E-state index < -0.39 is 22.3 Å². The third kappa shape index (κ3) is 6.00. The lowest BCUT2D eigenvalue weighted by molar-refractivity contribution is 0.101. The molecule has 0 saturated heterocycles. The van der Waals surface area contributed by atoms with Crippen LogP contribution in [0.5, 0.6) is 0 Å². The number of hydrogen-bond acceptors (Lipinski definition) is 9. The molecule has 4 N–H and O–H groups in total. The third-order valence-corrected chi connectivity index (χ3v) is 8.09. The summed E-state index contributed by atoms with van der Waals surface area (Å²) in [4.78, 5) is 21.6. The van der Waals surface area contributed by atoms with E-state index in [0.29, 0.717) is 41.4 Å². The van der Waals surface area contributed by atoms with Gasteiger partial charge < -0.3 is 15.0 Å². The molecule has 1 aromatic carbocycles. The number of thiophene rings is 1. The second-order valence-electron chi connectivity index (χ2n) is 9.01. The van der Waals surface area contributed by atoms with E-state index in [-0.39, 0.29) is 18.4 Å². The van der Waals surface area contributed by atoms with E-state index in [0.717, 1.165) is 15.6 Å². The van der Waals surface area contributed by atoms with Gasteiger partial charge in [0, 0.05) is 52.4 Å². The summed E-state index contributed by atoms with van der Waals surface area (Å²) >= 11 is 7.82. The van der Waals surface area contributed by atoms with Gasteiger partial charge in [-0.2, -0.15) is 8.42 Å². The number of ketones is 1. The van der Waals surface area contributed by atoms with Crippen molar-refractivity contribution in [2.24, 2.45) is 11.1 Å². The van der Waals surface area contributed by atoms with E-state index in [1.54, 1.807) is 23.6 Å². The van der Waals surface area contributed by atoms with Crippen LogP contribution in [0.2, 0.25) is 5.02 Å². The molecule has 1 fully saturated rings. The van der Waals surface area contributed by atoms with Crippen molar-refractivity contribution < 1.29 is 22.5 Å². The monoisotopic (exact) mass is 561 g/mol. The lowest BCUT2D eigenvalue weighted by atomic mass is 10.1. The molecule has 10 nitrogen and oxygen atoms in total. The second kappa shape index (κ2) is 10.5. The number of benzene rings is 1.